The van der Waals surface area contributed by atoms with Gasteiger partial charge in [0.15, 0.2) is 11.6 Å². The molecule has 0 fully saturated rings. The Hall–Kier alpha value is -3.68. The van der Waals surface area contributed by atoms with Crippen LogP contribution in [0.15, 0.2) is 40.9 Å². The van der Waals surface area contributed by atoms with E-state index in [0.29, 0.717) is 11.4 Å². The molecule has 30 heavy (non-hydrogen) atoms. The standard InChI is InChI=1S/C22H18FN3O4/c1-29-18-7-4-13(9-16(18)23)22-25-21(26-30-22)12-3-6-17-15(8-12)14-5-2-11(10-19(27)28)20(14)24-17/h3-4,6-9,11,24H,2,5,10H2,1H3,(H,27,28). The van der Waals surface area contributed by atoms with Crippen LogP contribution in [0.25, 0.3) is 33.7 Å². The third-order valence-electron chi connectivity index (χ3n) is 5.59. The third kappa shape index (κ3) is 3.01. The Kier molecular flexibility index (Phi) is 4.27. The van der Waals surface area contributed by atoms with Crippen molar-refractivity contribution in [3.8, 4) is 28.6 Å². The lowest BCUT2D eigenvalue weighted by Gasteiger charge is -2.05. The summed E-state index contributed by atoms with van der Waals surface area (Å²) in [7, 11) is 1.40. The molecule has 2 aromatic heterocycles. The molecule has 7 nitrogen and oxygen atoms in total. The number of carboxylic acids is 1. The van der Waals surface area contributed by atoms with Gasteiger partial charge in [-0.05, 0) is 54.8 Å². The molecule has 1 atom stereocenters. The van der Waals surface area contributed by atoms with Crippen molar-refractivity contribution in [1.82, 2.24) is 15.1 Å². The molecule has 5 rings (SSSR count). The molecule has 8 heteroatoms. The molecule has 1 unspecified atom stereocenters. The van der Waals surface area contributed by atoms with Crippen LogP contribution in [0.4, 0.5) is 4.39 Å². The van der Waals surface area contributed by atoms with Crippen LogP contribution in [0.1, 0.15) is 30.0 Å². The van der Waals surface area contributed by atoms with Crippen LogP contribution in [-0.4, -0.2) is 33.3 Å². The summed E-state index contributed by atoms with van der Waals surface area (Å²) >= 11 is 0. The first-order valence-corrected chi connectivity index (χ1v) is 9.57. The van der Waals surface area contributed by atoms with Crippen LogP contribution in [-0.2, 0) is 11.2 Å². The zero-order chi connectivity index (χ0) is 20.8. The summed E-state index contributed by atoms with van der Waals surface area (Å²) in [5.41, 5.74) is 4.35. The quantitative estimate of drug-likeness (QED) is 0.504. The van der Waals surface area contributed by atoms with Gasteiger partial charge in [-0.2, -0.15) is 4.98 Å². The fraction of sp³-hybridized carbons (Fsp3) is 0.227. The van der Waals surface area contributed by atoms with E-state index in [2.05, 4.69) is 15.1 Å². The summed E-state index contributed by atoms with van der Waals surface area (Å²) in [6.07, 6.45) is 1.78. The van der Waals surface area contributed by atoms with Gasteiger partial charge < -0.3 is 19.4 Å². The van der Waals surface area contributed by atoms with Gasteiger partial charge in [-0.15, -0.1) is 0 Å². The van der Waals surface area contributed by atoms with E-state index in [-0.39, 0.29) is 24.0 Å². The molecule has 2 heterocycles. The summed E-state index contributed by atoms with van der Waals surface area (Å²) in [4.78, 5) is 18.9. The molecule has 0 bridgehead atoms. The Morgan fingerprint density at radius 1 is 1.30 bits per heavy atom. The number of aliphatic carboxylic acids is 1. The number of aryl methyl sites for hydroxylation is 1. The molecule has 1 aliphatic carbocycles. The topological polar surface area (TPSA) is 101 Å². The Labute approximate surface area is 170 Å². The second-order valence-corrected chi connectivity index (χ2v) is 7.38. The Bertz CT molecular complexity index is 1280. The van der Waals surface area contributed by atoms with Crippen LogP contribution in [0.2, 0.25) is 0 Å². The maximum Gasteiger partial charge on any atom is 0.304 e. The van der Waals surface area contributed by atoms with E-state index >= 15 is 0 Å². The molecule has 0 amide bonds. The van der Waals surface area contributed by atoms with E-state index in [4.69, 9.17) is 14.4 Å². The van der Waals surface area contributed by atoms with E-state index in [1.54, 1.807) is 6.07 Å². The molecule has 0 saturated heterocycles. The van der Waals surface area contributed by atoms with Crippen molar-refractivity contribution in [2.75, 3.05) is 7.11 Å². The van der Waals surface area contributed by atoms with Crippen molar-refractivity contribution in [2.45, 2.75) is 25.2 Å². The smallest absolute Gasteiger partial charge is 0.304 e. The number of carbonyl (C=O) groups is 1. The van der Waals surface area contributed by atoms with Gasteiger partial charge in [0.25, 0.3) is 5.89 Å². The highest BCUT2D eigenvalue weighted by atomic mass is 19.1. The van der Waals surface area contributed by atoms with Crippen molar-refractivity contribution >= 4 is 16.9 Å². The van der Waals surface area contributed by atoms with Crippen molar-refractivity contribution in [1.29, 1.82) is 0 Å². The first-order chi connectivity index (χ1) is 14.5. The minimum absolute atomic E-state index is 0.00935. The van der Waals surface area contributed by atoms with E-state index in [0.717, 1.165) is 40.6 Å². The van der Waals surface area contributed by atoms with Gasteiger partial charge in [-0.25, -0.2) is 4.39 Å². The molecule has 0 spiro atoms. The number of hydrogen-bond acceptors (Lipinski definition) is 5. The number of nitrogens with one attached hydrogen (secondary N) is 1. The summed E-state index contributed by atoms with van der Waals surface area (Å²) in [5.74, 6) is -0.524. The van der Waals surface area contributed by atoms with E-state index in [1.807, 2.05) is 18.2 Å². The number of fused-ring (bicyclic) bond motifs is 3. The number of ether oxygens (including phenoxy) is 1. The number of methoxy groups -OCH3 is 1. The number of aromatic nitrogens is 3. The number of halogens is 1. The Morgan fingerprint density at radius 3 is 2.90 bits per heavy atom. The van der Waals surface area contributed by atoms with Gasteiger partial charge in [-0.3, -0.25) is 4.79 Å². The number of hydrogen-bond donors (Lipinski definition) is 2. The lowest BCUT2D eigenvalue weighted by molar-refractivity contribution is -0.137. The van der Waals surface area contributed by atoms with Gasteiger partial charge in [0.2, 0.25) is 5.82 Å². The monoisotopic (exact) mass is 407 g/mol. The van der Waals surface area contributed by atoms with Crippen molar-refractivity contribution in [3.05, 3.63) is 53.5 Å². The van der Waals surface area contributed by atoms with Crippen molar-refractivity contribution in [3.63, 3.8) is 0 Å². The molecule has 2 aromatic carbocycles. The second kappa shape index (κ2) is 6.98. The summed E-state index contributed by atoms with van der Waals surface area (Å²) in [6, 6.07) is 10.3. The minimum atomic E-state index is -0.790. The summed E-state index contributed by atoms with van der Waals surface area (Å²) < 4.78 is 24.3. The predicted octanol–water partition coefficient (Wildman–Crippen LogP) is 4.54. The highest BCUT2D eigenvalue weighted by Gasteiger charge is 2.28. The largest absolute Gasteiger partial charge is 0.494 e. The van der Waals surface area contributed by atoms with Gasteiger partial charge in [0, 0.05) is 33.6 Å². The first kappa shape index (κ1) is 18.4. The van der Waals surface area contributed by atoms with Gasteiger partial charge in [-0.1, -0.05) is 5.16 Å². The number of nitrogens with zero attached hydrogens (tertiary/aromatic N) is 2. The predicted molar refractivity (Wildman–Crippen MR) is 107 cm³/mol. The van der Waals surface area contributed by atoms with E-state index < -0.39 is 11.8 Å². The van der Waals surface area contributed by atoms with Crippen molar-refractivity contribution < 1.29 is 23.6 Å². The van der Waals surface area contributed by atoms with Crippen LogP contribution in [0.5, 0.6) is 5.75 Å². The molecule has 0 saturated carbocycles. The number of benzene rings is 2. The molecule has 152 valence electrons. The maximum absolute atomic E-state index is 14.0. The fourth-order valence-electron chi connectivity index (χ4n) is 4.16. The van der Waals surface area contributed by atoms with Crippen molar-refractivity contribution in [2.24, 2.45) is 0 Å². The minimum Gasteiger partial charge on any atom is -0.494 e. The van der Waals surface area contributed by atoms with Crippen LogP contribution in [0.3, 0.4) is 0 Å². The highest BCUT2D eigenvalue weighted by Crippen LogP contribution is 2.40. The molecular weight excluding hydrogens is 389 g/mol. The molecule has 2 N–H and O–H groups in total. The lowest BCUT2D eigenvalue weighted by atomic mass is 10.0. The SMILES string of the molecule is COc1ccc(-c2nc(-c3ccc4[nH]c5c(c4c3)CCC5CC(=O)O)no2)cc1F. The third-order valence-corrected chi connectivity index (χ3v) is 5.59. The van der Waals surface area contributed by atoms with Crippen LogP contribution < -0.4 is 4.74 Å². The Morgan fingerprint density at radius 2 is 2.13 bits per heavy atom. The molecular formula is C22H18FN3O4. The van der Waals surface area contributed by atoms with Crippen LogP contribution in [0, 0.1) is 5.82 Å². The van der Waals surface area contributed by atoms with Crippen LogP contribution >= 0.6 is 0 Å². The lowest BCUT2D eigenvalue weighted by Crippen LogP contribution is -2.03. The number of rotatable bonds is 5. The zero-order valence-corrected chi connectivity index (χ0v) is 16.1. The van der Waals surface area contributed by atoms with Gasteiger partial charge in [0.05, 0.1) is 13.5 Å². The fourth-order valence-corrected chi connectivity index (χ4v) is 4.16. The Balaban J connectivity index is 1.49. The number of H-pyrrole nitrogens is 1. The summed E-state index contributed by atoms with van der Waals surface area (Å²) in [6.45, 7) is 0. The first-order valence-electron chi connectivity index (χ1n) is 9.57. The normalized spacial score (nSPS) is 15.5. The number of aromatic amines is 1. The average Bonchev–Trinajstić information content (AvgIpc) is 3.43. The zero-order valence-electron chi connectivity index (χ0n) is 16.1. The molecule has 1 aliphatic rings. The average molecular weight is 407 g/mol. The number of carboxylic acid groups (broad SMARTS) is 1. The highest BCUT2D eigenvalue weighted by molar-refractivity contribution is 5.89. The molecule has 0 radical (unpaired) electrons. The van der Waals surface area contributed by atoms with E-state index in [9.17, 15) is 9.18 Å². The van der Waals surface area contributed by atoms with E-state index in [1.165, 1.54) is 19.2 Å². The van der Waals surface area contributed by atoms with Gasteiger partial charge >= 0.3 is 5.97 Å². The maximum atomic E-state index is 14.0. The van der Waals surface area contributed by atoms with Gasteiger partial charge in [0.1, 0.15) is 0 Å². The summed E-state index contributed by atoms with van der Waals surface area (Å²) in [5, 5.41) is 14.2. The molecule has 4 aromatic rings. The molecule has 0 aliphatic heterocycles. The second-order valence-electron chi connectivity index (χ2n) is 7.38.